The summed E-state index contributed by atoms with van der Waals surface area (Å²) in [6.45, 7) is 1.08. The summed E-state index contributed by atoms with van der Waals surface area (Å²) < 4.78 is 38.1. The number of likely N-dealkylation sites (tertiary alicyclic amines) is 1. The van der Waals surface area contributed by atoms with Crippen LogP contribution in [0, 0.1) is 5.92 Å². The Morgan fingerprint density at radius 1 is 1.10 bits per heavy atom. The number of rotatable bonds is 1. The van der Waals surface area contributed by atoms with Gasteiger partial charge < -0.3 is 5.73 Å². The number of fused-ring (bicyclic) bond motifs is 1. The molecule has 5 heteroatoms. The molecule has 1 atom stereocenters. The highest BCUT2D eigenvalue weighted by atomic mass is 19.4. The molecule has 1 aliphatic heterocycles. The Balaban J connectivity index is 1.69. The molecule has 110 valence electrons. The summed E-state index contributed by atoms with van der Waals surface area (Å²) in [6.07, 6.45) is -1.61. The summed E-state index contributed by atoms with van der Waals surface area (Å²) in [5.74, 6) is -1.12. The van der Waals surface area contributed by atoms with E-state index in [9.17, 15) is 13.2 Å². The number of alkyl halides is 3. The summed E-state index contributed by atoms with van der Waals surface area (Å²) in [5.41, 5.74) is 9.06. The Labute approximate surface area is 116 Å². The van der Waals surface area contributed by atoms with Crippen LogP contribution in [0.2, 0.25) is 0 Å². The third kappa shape index (κ3) is 2.51. The van der Waals surface area contributed by atoms with Gasteiger partial charge in [-0.2, -0.15) is 13.2 Å². The van der Waals surface area contributed by atoms with E-state index in [4.69, 9.17) is 5.73 Å². The average molecular weight is 284 g/mol. The molecule has 0 amide bonds. The first-order valence-electron chi connectivity index (χ1n) is 7.14. The van der Waals surface area contributed by atoms with Crippen molar-refractivity contribution >= 4 is 5.69 Å². The van der Waals surface area contributed by atoms with Crippen molar-refractivity contribution in [1.29, 1.82) is 0 Å². The third-order valence-electron chi connectivity index (χ3n) is 4.65. The van der Waals surface area contributed by atoms with Crippen LogP contribution in [0.5, 0.6) is 0 Å². The first kappa shape index (κ1) is 13.7. The van der Waals surface area contributed by atoms with Crippen molar-refractivity contribution in [2.45, 2.75) is 37.9 Å². The lowest BCUT2D eigenvalue weighted by molar-refractivity contribution is -0.186. The van der Waals surface area contributed by atoms with E-state index in [-0.39, 0.29) is 18.9 Å². The molecule has 1 unspecified atom stereocenters. The number of anilines is 1. The monoisotopic (exact) mass is 284 g/mol. The van der Waals surface area contributed by atoms with E-state index in [1.165, 1.54) is 11.1 Å². The molecule has 2 N–H and O–H groups in total. The molecule has 2 nitrogen and oxygen atoms in total. The molecule has 2 aliphatic rings. The Kier molecular flexibility index (Phi) is 3.40. The van der Waals surface area contributed by atoms with Crippen LogP contribution in [0.15, 0.2) is 18.2 Å². The van der Waals surface area contributed by atoms with E-state index < -0.39 is 12.1 Å². The normalized spacial score (nSPS) is 24.9. The second-order valence-corrected chi connectivity index (χ2v) is 5.86. The lowest BCUT2D eigenvalue weighted by atomic mass is 9.94. The van der Waals surface area contributed by atoms with E-state index >= 15 is 0 Å². The van der Waals surface area contributed by atoms with Gasteiger partial charge in [0.25, 0.3) is 0 Å². The minimum atomic E-state index is -4.03. The van der Waals surface area contributed by atoms with Gasteiger partial charge in [-0.3, -0.25) is 4.90 Å². The Hall–Kier alpha value is -1.23. The molecule has 1 aromatic carbocycles. The molecule has 20 heavy (non-hydrogen) atoms. The first-order valence-corrected chi connectivity index (χ1v) is 7.14. The highest BCUT2D eigenvalue weighted by Crippen LogP contribution is 2.41. The zero-order valence-electron chi connectivity index (χ0n) is 11.3. The minimum absolute atomic E-state index is 0.226. The van der Waals surface area contributed by atoms with Crippen LogP contribution >= 0.6 is 0 Å². The second kappa shape index (κ2) is 4.95. The van der Waals surface area contributed by atoms with Gasteiger partial charge in [0.15, 0.2) is 0 Å². The van der Waals surface area contributed by atoms with Gasteiger partial charge in [-0.25, -0.2) is 0 Å². The summed E-state index contributed by atoms with van der Waals surface area (Å²) in [7, 11) is 0. The van der Waals surface area contributed by atoms with Crippen molar-refractivity contribution in [3.63, 3.8) is 0 Å². The van der Waals surface area contributed by atoms with Gasteiger partial charge in [-0.15, -0.1) is 0 Å². The van der Waals surface area contributed by atoms with Crippen LogP contribution in [-0.2, 0) is 6.42 Å². The van der Waals surface area contributed by atoms with Gasteiger partial charge in [-0.05, 0) is 62.0 Å². The minimum Gasteiger partial charge on any atom is -0.399 e. The van der Waals surface area contributed by atoms with Crippen LogP contribution in [0.25, 0.3) is 0 Å². The van der Waals surface area contributed by atoms with Gasteiger partial charge in [0.05, 0.1) is 5.92 Å². The maximum absolute atomic E-state index is 12.7. The fourth-order valence-electron chi connectivity index (χ4n) is 3.53. The van der Waals surface area contributed by atoms with Gasteiger partial charge in [0.2, 0.25) is 0 Å². The Morgan fingerprint density at radius 2 is 1.80 bits per heavy atom. The van der Waals surface area contributed by atoms with Gasteiger partial charge in [0, 0.05) is 11.7 Å². The molecule has 0 aromatic heterocycles. The molecule has 0 saturated carbocycles. The van der Waals surface area contributed by atoms with Gasteiger partial charge in [0.1, 0.15) is 0 Å². The zero-order chi connectivity index (χ0) is 14.3. The topological polar surface area (TPSA) is 29.3 Å². The van der Waals surface area contributed by atoms with Crippen molar-refractivity contribution < 1.29 is 13.2 Å². The quantitative estimate of drug-likeness (QED) is 0.799. The number of aryl methyl sites for hydroxylation is 1. The molecule has 3 rings (SSSR count). The summed E-state index contributed by atoms with van der Waals surface area (Å²) in [5, 5.41) is 0. The molecule has 1 aliphatic carbocycles. The van der Waals surface area contributed by atoms with Crippen molar-refractivity contribution in [3.05, 3.63) is 29.3 Å². The Morgan fingerprint density at radius 3 is 2.45 bits per heavy atom. The van der Waals surface area contributed by atoms with Crippen molar-refractivity contribution in [2.75, 3.05) is 18.8 Å². The van der Waals surface area contributed by atoms with E-state index in [1.807, 2.05) is 18.2 Å². The van der Waals surface area contributed by atoms with E-state index in [0.29, 0.717) is 13.1 Å². The third-order valence-corrected chi connectivity index (χ3v) is 4.65. The van der Waals surface area contributed by atoms with Gasteiger partial charge >= 0.3 is 6.18 Å². The van der Waals surface area contributed by atoms with Crippen LogP contribution < -0.4 is 5.73 Å². The summed E-state index contributed by atoms with van der Waals surface area (Å²) in [6, 6.07) is 6.20. The molecule has 0 spiro atoms. The molecule has 1 saturated heterocycles. The van der Waals surface area contributed by atoms with Crippen molar-refractivity contribution in [3.8, 4) is 0 Å². The number of hydrogen-bond donors (Lipinski definition) is 1. The maximum atomic E-state index is 12.7. The lowest BCUT2D eigenvalue weighted by Crippen LogP contribution is -2.40. The lowest BCUT2D eigenvalue weighted by Gasteiger charge is -2.37. The fraction of sp³-hybridized carbons (Fsp3) is 0.600. The largest absolute Gasteiger partial charge is 0.399 e. The second-order valence-electron chi connectivity index (χ2n) is 5.86. The Bertz CT molecular complexity index is 490. The maximum Gasteiger partial charge on any atom is 0.391 e. The molecular weight excluding hydrogens is 265 g/mol. The number of piperidine rings is 1. The van der Waals surface area contributed by atoms with Crippen molar-refractivity contribution in [1.82, 2.24) is 4.90 Å². The van der Waals surface area contributed by atoms with Crippen molar-refractivity contribution in [2.24, 2.45) is 5.92 Å². The summed E-state index contributed by atoms with van der Waals surface area (Å²) in [4.78, 5) is 2.21. The van der Waals surface area contributed by atoms with E-state index in [1.54, 1.807) is 0 Å². The van der Waals surface area contributed by atoms with Crippen LogP contribution in [0.3, 0.4) is 0 Å². The van der Waals surface area contributed by atoms with E-state index in [2.05, 4.69) is 4.90 Å². The number of nitrogens with zero attached hydrogens (tertiary/aromatic N) is 1. The van der Waals surface area contributed by atoms with Crippen LogP contribution in [0.1, 0.15) is 36.4 Å². The first-order chi connectivity index (χ1) is 9.45. The SMILES string of the molecule is Nc1ccc2c(c1)CCC2N1CCC(C(F)(F)F)CC1. The number of nitrogen functional groups attached to an aromatic ring is 1. The summed E-state index contributed by atoms with van der Waals surface area (Å²) >= 11 is 0. The standard InChI is InChI=1S/C15H19F3N2/c16-15(17,18)11-5-7-20(8-6-11)14-4-1-10-9-12(19)2-3-13(10)14/h2-3,9,11,14H,1,4-8,19H2. The number of hydrogen-bond acceptors (Lipinski definition) is 2. The highest BCUT2D eigenvalue weighted by molar-refractivity contribution is 5.47. The molecule has 1 aromatic rings. The molecule has 1 fully saturated rings. The number of benzene rings is 1. The molecule has 0 radical (unpaired) electrons. The number of nitrogens with two attached hydrogens (primary N) is 1. The molecular formula is C15H19F3N2. The predicted molar refractivity (Wildman–Crippen MR) is 72.3 cm³/mol. The number of halogens is 3. The highest BCUT2D eigenvalue weighted by Gasteiger charge is 2.42. The van der Waals surface area contributed by atoms with Crippen LogP contribution in [-0.4, -0.2) is 24.2 Å². The fourth-order valence-corrected chi connectivity index (χ4v) is 3.53. The smallest absolute Gasteiger partial charge is 0.391 e. The predicted octanol–water partition coefficient (Wildman–Crippen LogP) is 3.53. The molecule has 1 heterocycles. The average Bonchev–Trinajstić information content (AvgIpc) is 2.80. The zero-order valence-corrected chi connectivity index (χ0v) is 11.3. The van der Waals surface area contributed by atoms with Crippen LogP contribution in [0.4, 0.5) is 18.9 Å². The van der Waals surface area contributed by atoms with Gasteiger partial charge in [-0.1, -0.05) is 6.07 Å². The molecule has 0 bridgehead atoms. The van der Waals surface area contributed by atoms with E-state index in [0.717, 1.165) is 18.5 Å².